The molecule has 0 aliphatic heterocycles. The summed E-state index contributed by atoms with van der Waals surface area (Å²) in [5.41, 5.74) is 0.493. The summed E-state index contributed by atoms with van der Waals surface area (Å²) in [6.45, 7) is 3.76. The average molecular weight is 342 g/mol. The number of anilines is 1. The topological polar surface area (TPSA) is 84.9 Å². The second kappa shape index (κ2) is 8.54. The Labute approximate surface area is 136 Å². The minimum atomic E-state index is -3.38. The van der Waals surface area contributed by atoms with Crippen LogP contribution in [-0.2, 0) is 14.8 Å². The van der Waals surface area contributed by atoms with Gasteiger partial charge in [0, 0.05) is 25.6 Å². The number of benzene rings is 1. The van der Waals surface area contributed by atoms with Gasteiger partial charge in [-0.1, -0.05) is 6.08 Å². The molecule has 1 amide bonds. The Morgan fingerprint density at radius 3 is 2.57 bits per heavy atom. The molecule has 0 fully saturated rings. The number of hydrogen-bond donors (Lipinski definition) is 1. The molecule has 0 atom stereocenters. The number of ether oxygens (including phenoxy) is 2. The van der Waals surface area contributed by atoms with Crippen molar-refractivity contribution in [2.75, 3.05) is 38.9 Å². The second-order valence-electron chi connectivity index (χ2n) is 4.77. The fourth-order valence-corrected chi connectivity index (χ4v) is 2.68. The highest BCUT2D eigenvalue weighted by Crippen LogP contribution is 2.29. The van der Waals surface area contributed by atoms with Gasteiger partial charge in [-0.3, -0.25) is 4.79 Å². The molecule has 0 aliphatic carbocycles. The van der Waals surface area contributed by atoms with Crippen molar-refractivity contribution in [2.24, 2.45) is 0 Å². The highest BCUT2D eigenvalue weighted by Gasteiger charge is 2.17. The van der Waals surface area contributed by atoms with Crippen LogP contribution in [0.25, 0.3) is 0 Å². The van der Waals surface area contributed by atoms with E-state index in [2.05, 4.69) is 11.9 Å². The highest BCUT2D eigenvalue weighted by atomic mass is 32.2. The molecule has 8 heteroatoms. The van der Waals surface area contributed by atoms with Crippen LogP contribution in [0.1, 0.15) is 6.42 Å². The summed E-state index contributed by atoms with van der Waals surface area (Å²) in [7, 11) is -0.356. The molecule has 1 aromatic rings. The first-order valence-corrected chi connectivity index (χ1v) is 8.74. The summed E-state index contributed by atoms with van der Waals surface area (Å²) >= 11 is 0. The minimum Gasteiger partial charge on any atom is -0.497 e. The Morgan fingerprint density at radius 1 is 1.35 bits per heavy atom. The Bertz CT molecular complexity index is 658. The van der Waals surface area contributed by atoms with E-state index in [9.17, 15) is 13.2 Å². The number of hydrogen-bond acceptors (Lipinski definition) is 5. The van der Waals surface area contributed by atoms with Crippen molar-refractivity contribution in [3.05, 3.63) is 30.9 Å². The Hall–Kier alpha value is -2.06. The predicted octanol–water partition coefficient (Wildman–Crippen LogP) is 1.48. The lowest BCUT2D eigenvalue weighted by Crippen LogP contribution is -2.33. The van der Waals surface area contributed by atoms with Gasteiger partial charge in [0.1, 0.15) is 11.5 Å². The van der Waals surface area contributed by atoms with Gasteiger partial charge in [0.15, 0.2) is 0 Å². The van der Waals surface area contributed by atoms with Gasteiger partial charge in [-0.2, -0.15) is 4.31 Å². The summed E-state index contributed by atoms with van der Waals surface area (Å²) in [6.07, 6.45) is 2.60. The third-order valence-electron chi connectivity index (χ3n) is 3.07. The van der Waals surface area contributed by atoms with Crippen LogP contribution >= 0.6 is 0 Å². The van der Waals surface area contributed by atoms with Crippen LogP contribution in [0.5, 0.6) is 11.5 Å². The number of sulfonamides is 1. The molecule has 0 radical (unpaired) electrons. The van der Waals surface area contributed by atoms with Crippen molar-refractivity contribution >= 4 is 21.6 Å². The fourth-order valence-electron chi connectivity index (χ4n) is 1.88. The molecule has 0 spiro atoms. The molecular formula is C15H22N2O5S. The van der Waals surface area contributed by atoms with Crippen LogP contribution in [0.2, 0.25) is 0 Å². The van der Waals surface area contributed by atoms with Crippen LogP contribution in [0.15, 0.2) is 30.9 Å². The molecule has 0 aromatic heterocycles. The third-order valence-corrected chi connectivity index (χ3v) is 4.34. The maximum absolute atomic E-state index is 12.0. The van der Waals surface area contributed by atoms with E-state index in [-0.39, 0.29) is 25.4 Å². The zero-order valence-corrected chi connectivity index (χ0v) is 14.4. The van der Waals surface area contributed by atoms with E-state index < -0.39 is 10.0 Å². The summed E-state index contributed by atoms with van der Waals surface area (Å²) in [4.78, 5) is 12.0. The predicted molar refractivity (Wildman–Crippen MR) is 89.4 cm³/mol. The lowest BCUT2D eigenvalue weighted by atomic mass is 10.2. The first-order valence-electron chi connectivity index (χ1n) is 6.89. The van der Waals surface area contributed by atoms with E-state index in [1.807, 2.05) is 0 Å². The van der Waals surface area contributed by atoms with Gasteiger partial charge in [0.2, 0.25) is 15.9 Å². The Kier molecular flexibility index (Phi) is 7.05. The number of nitrogens with zero attached hydrogens (tertiary/aromatic N) is 1. The van der Waals surface area contributed by atoms with E-state index in [0.29, 0.717) is 17.2 Å². The number of nitrogens with one attached hydrogen (secondary N) is 1. The van der Waals surface area contributed by atoms with E-state index in [1.165, 1.54) is 24.6 Å². The number of carbonyl (C=O) groups is 1. The summed E-state index contributed by atoms with van der Waals surface area (Å²) in [6, 6.07) is 5.00. The number of carbonyl (C=O) groups excluding carboxylic acids is 1. The maximum atomic E-state index is 12.0. The average Bonchev–Trinajstić information content (AvgIpc) is 2.50. The van der Waals surface area contributed by atoms with Crippen molar-refractivity contribution in [1.82, 2.24) is 4.31 Å². The molecule has 1 aromatic carbocycles. The Morgan fingerprint density at radius 2 is 2.04 bits per heavy atom. The van der Waals surface area contributed by atoms with Crippen molar-refractivity contribution < 1.29 is 22.7 Å². The van der Waals surface area contributed by atoms with Gasteiger partial charge in [-0.25, -0.2) is 8.42 Å². The third kappa shape index (κ3) is 5.91. The van der Waals surface area contributed by atoms with Crippen LogP contribution in [0, 0.1) is 0 Å². The maximum Gasteiger partial charge on any atom is 0.225 e. The van der Waals surface area contributed by atoms with Crippen molar-refractivity contribution in [2.45, 2.75) is 6.42 Å². The lowest BCUT2D eigenvalue weighted by molar-refractivity contribution is -0.116. The highest BCUT2D eigenvalue weighted by molar-refractivity contribution is 7.88. The molecule has 1 rings (SSSR count). The lowest BCUT2D eigenvalue weighted by Gasteiger charge is -2.18. The second-order valence-corrected chi connectivity index (χ2v) is 6.76. The van der Waals surface area contributed by atoms with Crippen LogP contribution in [-0.4, -0.2) is 52.2 Å². The molecule has 0 heterocycles. The first-order chi connectivity index (χ1) is 10.8. The molecule has 0 unspecified atom stereocenters. The monoisotopic (exact) mass is 342 g/mol. The van der Waals surface area contributed by atoms with Gasteiger partial charge in [0.05, 0.1) is 26.2 Å². The Balaban J connectivity index is 2.71. The van der Waals surface area contributed by atoms with Gasteiger partial charge < -0.3 is 14.8 Å². The molecule has 23 heavy (non-hydrogen) atoms. The standard InChI is InChI=1S/C15H22N2O5S/c1-5-9-17(23(4,19)20)10-8-15(18)16-13-7-6-12(21-2)11-14(13)22-3/h5-7,11H,1,8-10H2,2-4H3,(H,16,18). The van der Waals surface area contributed by atoms with E-state index >= 15 is 0 Å². The van der Waals surface area contributed by atoms with E-state index in [1.54, 1.807) is 18.2 Å². The molecule has 0 aliphatic rings. The molecular weight excluding hydrogens is 320 g/mol. The first kappa shape index (κ1) is 19.0. The van der Waals surface area contributed by atoms with Crippen LogP contribution in [0.4, 0.5) is 5.69 Å². The molecule has 0 saturated carbocycles. The van der Waals surface area contributed by atoms with Crippen molar-refractivity contribution in [1.29, 1.82) is 0 Å². The van der Waals surface area contributed by atoms with E-state index in [4.69, 9.17) is 9.47 Å². The van der Waals surface area contributed by atoms with Gasteiger partial charge in [0.25, 0.3) is 0 Å². The van der Waals surface area contributed by atoms with Crippen LogP contribution < -0.4 is 14.8 Å². The summed E-state index contributed by atoms with van der Waals surface area (Å²) < 4.78 is 34.6. The molecule has 0 bridgehead atoms. The SMILES string of the molecule is C=CCN(CCC(=O)Nc1ccc(OC)cc1OC)S(C)(=O)=O. The molecule has 7 nitrogen and oxygen atoms in total. The van der Waals surface area contributed by atoms with Crippen molar-refractivity contribution in [3.63, 3.8) is 0 Å². The zero-order chi connectivity index (χ0) is 17.5. The number of amides is 1. The zero-order valence-electron chi connectivity index (χ0n) is 13.5. The quantitative estimate of drug-likeness (QED) is 0.687. The van der Waals surface area contributed by atoms with Gasteiger partial charge in [-0.05, 0) is 12.1 Å². The minimum absolute atomic E-state index is 0.0239. The number of methoxy groups -OCH3 is 2. The van der Waals surface area contributed by atoms with Gasteiger partial charge >= 0.3 is 0 Å². The number of rotatable bonds is 9. The summed E-state index contributed by atoms with van der Waals surface area (Å²) in [5.74, 6) is 0.754. The van der Waals surface area contributed by atoms with E-state index in [0.717, 1.165) is 6.26 Å². The van der Waals surface area contributed by atoms with Crippen LogP contribution in [0.3, 0.4) is 0 Å². The molecule has 1 N–H and O–H groups in total. The molecule has 0 saturated heterocycles. The normalized spacial score (nSPS) is 11.1. The molecule has 128 valence electrons. The largest absolute Gasteiger partial charge is 0.497 e. The summed E-state index contributed by atoms with van der Waals surface area (Å²) in [5, 5.41) is 2.69. The van der Waals surface area contributed by atoms with Crippen molar-refractivity contribution in [3.8, 4) is 11.5 Å². The fraction of sp³-hybridized carbons (Fsp3) is 0.400. The van der Waals surface area contributed by atoms with Gasteiger partial charge in [-0.15, -0.1) is 6.58 Å². The smallest absolute Gasteiger partial charge is 0.225 e.